The second-order valence-corrected chi connectivity index (χ2v) is 11.6. The van der Waals surface area contributed by atoms with E-state index >= 15 is 0 Å². The zero-order chi connectivity index (χ0) is 23.1. The van der Waals surface area contributed by atoms with E-state index in [1.54, 1.807) is 4.90 Å². The predicted octanol–water partition coefficient (Wildman–Crippen LogP) is 0.189. The fourth-order valence-electron chi connectivity index (χ4n) is 5.21. The van der Waals surface area contributed by atoms with Crippen molar-refractivity contribution < 1.29 is 22.4 Å². The molecule has 4 fully saturated rings. The van der Waals surface area contributed by atoms with E-state index in [1.165, 1.54) is 4.90 Å². The molecular formula is C20H31FN6O4S. The van der Waals surface area contributed by atoms with Crippen LogP contribution >= 0.6 is 0 Å². The average Bonchev–Trinajstić information content (AvgIpc) is 3.41. The van der Waals surface area contributed by atoms with E-state index in [-0.39, 0.29) is 37.8 Å². The molecule has 3 amide bonds. The molecule has 0 aromatic carbocycles. The maximum absolute atomic E-state index is 13.4. The van der Waals surface area contributed by atoms with E-state index < -0.39 is 45.5 Å². The lowest BCUT2D eigenvalue weighted by Crippen LogP contribution is -2.65. The number of sulfonamides is 1. The minimum absolute atomic E-state index is 0.0753. The Hall–Kier alpha value is -1.81. The summed E-state index contributed by atoms with van der Waals surface area (Å²) in [5.41, 5.74) is 2.18. The molecule has 0 radical (unpaired) electrons. The summed E-state index contributed by atoms with van der Waals surface area (Å²) in [6.07, 6.45) is 1.86. The number of imide groups is 1. The van der Waals surface area contributed by atoms with Crippen molar-refractivity contribution in [1.29, 1.82) is 5.26 Å². The van der Waals surface area contributed by atoms with E-state index in [9.17, 15) is 22.4 Å². The first-order valence-corrected chi connectivity index (χ1v) is 12.8. The van der Waals surface area contributed by atoms with Crippen LogP contribution in [0.3, 0.4) is 0 Å². The summed E-state index contributed by atoms with van der Waals surface area (Å²) >= 11 is 0. The topological polar surface area (TPSA) is 126 Å². The Bertz CT molecular complexity index is 904. The summed E-state index contributed by atoms with van der Waals surface area (Å²) in [7, 11) is -1.90. The zero-order valence-corrected chi connectivity index (χ0v) is 19.1. The van der Waals surface area contributed by atoms with Crippen LogP contribution in [-0.2, 0) is 14.8 Å². The quantitative estimate of drug-likeness (QED) is 0.519. The number of hydrogen-bond donors (Lipinski definition) is 2. The Morgan fingerprint density at radius 1 is 1.31 bits per heavy atom. The lowest BCUT2D eigenvalue weighted by atomic mass is 9.80. The van der Waals surface area contributed by atoms with Crippen LogP contribution in [0, 0.1) is 23.2 Å². The Labute approximate surface area is 188 Å². The van der Waals surface area contributed by atoms with Gasteiger partial charge in [0.2, 0.25) is 15.9 Å². The molecular weight excluding hydrogens is 439 g/mol. The minimum atomic E-state index is -3.79. The minimum Gasteiger partial charge on any atom is -0.319 e. The van der Waals surface area contributed by atoms with Crippen molar-refractivity contribution in [2.45, 2.75) is 55.4 Å². The molecule has 2 aliphatic carbocycles. The van der Waals surface area contributed by atoms with Gasteiger partial charge in [-0.2, -0.15) is 5.26 Å². The van der Waals surface area contributed by atoms with Crippen molar-refractivity contribution >= 4 is 22.0 Å². The van der Waals surface area contributed by atoms with Gasteiger partial charge in [-0.25, -0.2) is 27.3 Å². The number of alkyl halides is 1. The van der Waals surface area contributed by atoms with Crippen molar-refractivity contribution in [3.63, 3.8) is 0 Å². The van der Waals surface area contributed by atoms with Crippen LogP contribution in [0.4, 0.5) is 9.18 Å². The van der Waals surface area contributed by atoms with E-state index in [2.05, 4.69) is 16.2 Å². The van der Waals surface area contributed by atoms with Crippen LogP contribution in [0.5, 0.6) is 0 Å². The van der Waals surface area contributed by atoms with Gasteiger partial charge in [0.15, 0.2) is 0 Å². The van der Waals surface area contributed by atoms with Gasteiger partial charge in [-0.05, 0) is 32.1 Å². The maximum Gasteiger partial charge on any atom is 0.327 e. The number of amides is 3. The van der Waals surface area contributed by atoms with Gasteiger partial charge in [-0.1, -0.05) is 0 Å². The molecule has 0 bridgehead atoms. The van der Waals surface area contributed by atoms with Gasteiger partial charge in [-0.3, -0.25) is 15.1 Å². The number of carbonyl (C=O) groups is 2. The largest absolute Gasteiger partial charge is 0.327 e. The first-order valence-electron chi connectivity index (χ1n) is 11.2. The van der Waals surface area contributed by atoms with Crippen LogP contribution in [-0.4, -0.2) is 91.9 Å². The molecule has 2 saturated heterocycles. The number of nitriles is 1. The molecule has 32 heavy (non-hydrogen) atoms. The number of rotatable bonds is 8. The lowest BCUT2D eigenvalue weighted by Gasteiger charge is -2.48. The Morgan fingerprint density at radius 3 is 2.66 bits per heavy atom. The lowest BCUT2D eigenvalue weighted by molar-refractivity contribution is -0.140. The van der Waals surface area contributed by atoms with Crippen LogP contribution in [0.1, 0.15) is 38.5 Å². The van der Waals surface area contributed by atoms with E-state index in [0.29, 0.717) is 38.8 Å². The number of hydrazine groups is 1. The Kier molecular flexibility index (Phi) is 6.46. The molecule has 4 unspecified atom stereocenters. The van der Waals surface area contributed by atoms with Crippen molar-refractivity contribution in [2.75, 3.05) is 39.9 Å². The fourth-order valence-corrected chi connectivity index (χ4v) is 7.14. The predicted molar refractivity (Wildman–Crippen MR) is 113 cm³/mol. The van der Waals surface area contributed by atoms with Crippen molar-refractivity contribution in [3.8, 4) is 6.07 Å². The summed E-state index contributed by atoms with van der Waals surface area (Å²) in [5, 5.41) is 10.1. The molecule has 4 atom stereocenters. The molecule has 2 N–H and O–H groups in total. The van der Waals surface area contributed by atoms with Gasteiger partial charge < -0.3 is 4.90 Å². The number of nitrogens with zero attached hydrogens (tertiary/aromatic N) is 4. The molecule has 4 aliphatic rings. The third kappa shape index (κ3) is 4.48. The number of carbonyl (C=O) groups excluding carboxylic acids is 2. The highest BCUT2D eigenvalue weighted by molar-refractivity contribution is 7.90. The van der Waals surface area contributed by atoms with Gasteiger partial charge in [0, 0.05) is 45.2 Å². The molecule has 0 aromatic rings. The molecule has 2 saturated carbocycles. The summed E-state index contributed by atoms with van der Waals surface area (Å²) in [6, 6.07) is 1.25. The summed E-state index contributed by atoms with van der Waals surface area (Å²) in [4.78, 5) is 29.4. The molecule has 2 aliphatic heterocycles. The van der Waals surface area contributed by atoms with Crippen molar-refractivity contribution in [1.82, 2.24) is 25.0 Å². The average molecular weight is 471 g/mol. The molecule has 0 spiro atoms. The third-order valence-electron chi connectivity index (χ3n) is 7.22. The normalized spacial score (nSPS) is 32.7. The second-order valence-electron chi connectivity index (χ2n) is 9.61. The monoisotopic (exact) mass is 470 g/mol. The number of halogens is 1. The molecule has 178 valence electrons. The standard InChI is InChI=1S/C20H31FN6O4S/c1-25-11-14(10-23-25)12-27-18(28)16-9-15(32(30,31)24-20(13-21)5-6-20)3-4-17(16)26(19(27)29)8-2-7-22/h14-17,23-24H,2-6,8-13H2,1H3. The molecule has 4 rings (SSSR count). The van der Waals surface area contributed by atoms with Gasteiger partial charge in [-0.15, -0.1) is 0 Å². The van der Waals surface area contributed by atoms with E-state index in [4.69, 9.17) is 5.26 Å². The second kappa shape index (κ2) is 8.85. The summed E-state index contributed by atoms with van der Waals surface area (Å²) in [5.74, 6) is -0.907. The fraction of sp³-hybridized carbons (Fsp3) is 0.850. The van der Waals surface area contributed by atoms with Gasteiger partial charge in [0.25, 0.3) is 0 Å². The zero-order valence-electron chi connectivity index (χ0n) is 18.3. The van der Waals surface area contributed by atoms with Crippen LogP contribution in [0.25, 0.3) is 0 Å². The SMILES string of the molecule is CN1CC(CN2C(=O)C3CC(S(=O)(=O)NC4(CF)CC4)CCC3N(CCC#N)C2=O)CN1. The van der Waals surface area contributed by atoms with Gasteiger partial charge in [0.05, 0.1) is 29.2 Å². The molecule has 10 nitrogen and oxygen atoms in total. The van der Waals surface area contributed by atoms with Crippen molar-refractivity contribution in [3.05, 3.63) is 0 Å². The number of nitrogens with one attached hydrogen (secondary N) is 2. The van der Waals surface area contributed by atoms with E-state index in [0.717, 1.165) is 0 Å². The summed E-state index contributed by atoms with van der Waals surface area (Å²) in [6.45, 7) is 1.06. The van der Waals surface area contributed by atoms with Gasteiger partial charge >= 0.3 is 6.03 Å². The van der Waals surface area contributed by atoms with Crippen LogP contribution in [0.15, 0.2) is 0 Å². The Balaban J connectivity index is 1.53. The van der Waals surface area contributed by atoms with Gasteiger partial charge in [0.1, 0.15) is 6.67 Å². The highest BCUT2D eigenvalue weighted by Gasteiger charge is 2.53. The third-order valence-corrected chi connectivity index (χ3v) is 9.24. The molecule has 2 heterocycles. The van der Waals surface area contributed by atoms with Crippen LogP contribution < -0.4 is 10.1 Å². The highest BCUT2D eigenvalue weighted by atomic mass is 32.2. The highest BCUT2D eigenvalue weighted by Crippen LogP contribution is 2.40. The first kappa shape index (κ1) is 23.4. The number of hydrogen-bond acceptors (Lipinski definition) is 7. The Morgan fingerprint density at radius 2 is 2.06 bits per heavy atom. The number of urea groups is 1. The smallest absolute Gasteiger partial charge is 0.319 e. The van der Waals surface area contributed by atoms with Crippen LogP contribution in [0.2, 0.25) is 0 Å². The van der Waals surface area contributed by atoms with E-state index in [1.807, 2.05) is 12.1 Å². The van der Waals surface area contributed by atoms with Crippen molar-refractivity contribution in [2.24, 2.45) is 11.8 Å². The summed E-state index contributed by atoms with van der Waals surface area (Å²) < 4.78 is 41.7. The molecule has 0 aromatic heterocycles. The first-order chi connectivity index (χ1) is 15.2. The molecule has 12 heteroatoms. The maximum atomic E-state index is 13.4. The number of fused-ring (bicyclic) bond motifs is 1.